The molecule has 8 bridgehead atoms. The van der Waals surface area contributed by atoms with Gasteiger partial charge < -0.3 is 24.3 Å². The van der Waals surface area contributed by atoms with Crippen LogP contribution in [0, 0.1) is 0 Å². The van der Waals surface area contributed by atoms with Crippen LogP contribution in [0.5, 0.6) is 23.0 Å². The third-order valence-corrected chi connectivity index (χ3v) is 11.2. The number of amides is 1. The highest BCUT2D eigenvalue weighted by Gasteiger charge is 2.28. The van der Waals surface area contributed by atoms with Gasteiger partial charge in [-0.15, -0.1) is 0 Å². The molecule has 0 saturated heterocycles. The van der Waals surface area contributed by atoms with E-state index in [1.54, 1.807) is 6.92 Å². The van der Waals surface area contributed by atoms with Crippen LogP contribution in [-0.4, -0.2) is 32.3 Å². The lowest BCUT2D eigenvalue weighted by atomic mass is 9.80. The first-order valence-corrected chi connectivity index (χ1v) is 22.7. The van der Waals surface area contributed by atoms with Crippen LogP contribution < -0.4 is 24.3 Å². The first kappa shape index (κ1) is 46.6. The lowest BCUT2D eigenvalue weighted by Gasteiger charge is -2.28. The van der Waals surface area contributed by atoms with Gasteiger partial charge in [-0.1, -0.05) is 126 Å². The predicted molar refractivity (Wildman–Crippen MR) is 251 cm³/mol. The standard InChI is InChI=1S/C54H75NO5/c1-15-19-57-48-36-23-38-29-45(53(9,10)11)31-40(49(38)58-20-16-2)25-42-33-47(55-35(5)56)34-43(51(42)60-22-18-4)26-41-32-46(54(12,13)14)30-39(50(41)59-21-17-3)24-37(48)28-44(27-36)52(6,7)8/h27-34H,15-26H2,1-14H3,(H,55,56). The van der Waals surface area contributed by atoms with Gasteiger partial charge in [-0.2, -0.15) is 0 Å². The van der Waals surface area contributed by atoms with Crippen LogP contribution >= 0.6 is 0 Å². The zero-order valence-corrected chi connectivity index (χ0v) is 39.6. The molecule has 0 radical (unpaired) electrons. The summed E-state index contributed by atoms with van der Waals surface area (Å²) in [5.41, 5.74) is 13.1. The average Bonchev–Trinajstić information content (AvgIpc) is 3.14. The number of fused-ring (bicyclic) bond motifs is 8. The van der Waals surface area contributed by atoms with Gasteiger partial charge in [0.15, 0.2) is 0 Å². The summed E-state index contributed by atoms with van der Waals surface area (Å²) in [6, 6.07) is 18.4. The Labute approximate surface area is 363 Å². The summed E-state index contributed by atoms with van der Waals surface area (Å²) >= 11 is 0. The first-order valence-electron chi connectivity index (χ1n) is 22.7. The topological polar surface area (TPSA) is 66.0 Å². The van der Waals surface area contributed by atoms with E-state index in [0.717, 1.165) is 87.7 Å². The summed E-state index contributed by atoms with van der Waals surface area (Å²) < 4.78 is 27.5. The van der Waals surface area contributed by atoms with Crippen molar-refractivity contribution in [3.05, 3.63) is 110 Å². The molecular formula is C54H75NO5. The van der Waals surface area contributed by atoms with Crippen LogP contribution in [0.3, 0.4) is 0 Å². The maximum Gasteiger partial charge on any atom is 0.221 e. The van der Waals surface area contributed by atoms with Gasteiger partial charge in [0.25, 0.3) is 0 Å². The molecule has 6 heteroatoms. The summed E-state index contributed by atoms with van der Waals surface area (Å²) in [7, 11) is 0. The maximum atomic E-state index is 12.7. The number of carbonyl (C=O) groups excluding carboxylic acids is 1. The third kappa shape index (κ3) is 11.5. The van der Waals surface area contributed by atoms with E-state index in [-0.39, 0.29) is 22.2 Å². The maximum absolute atomic E-state index is 12.7. The highest BCUT2D eigenvalue weighted by Crippen LogP contribution is 2.44. The fraction of sp³-hybridized carbons (Fsp3) is 0.537. The molecule has 1 aliphatic rings. The Kier molecular flexibility index (Phi) is 15.2. The monoisotopic (exact) mass is 818 g/mol. The number of nitrogens with one attached hydrogen (secondary N) is 1. The van der Waals surface area contributed by atoms with Crippen LogP contribution in [0.1, 0.15) is 184 Å². The fourth-order valence-electron chi connectivity index (χ4n) is 8.02. The van der Waals surface area contributed by atoms with E-state index in [4.69, 9.17) is 18.9 Å². The van der Waals surface area contributed by atoms with Crippen molar-refractivity contribution in [2.24, 2.45) is 0 Å². The Morgan fingerprint density at radius 3 is 0.833 bits per heavy atom. The Morgan fingerprint density at radius 2 is 0.650 bits per heavy atom. The van der Waals surface area contributed by atoms with Gasteiger partial charge in [-0.05, 0) is 104 Å². The number of hydrogen-bond acceptors (Lipinski definition) is 5. The van der Waals surface area contributed by atoms with Gasteiger partial charge in [0, 0.05) is 49.4 Å². The number of ether oxygens (including phenoxy) is 4. The molecule has 60 heavy (non-hydrogen) atoms. The second-order valence-electron chi connectivity index (χ2n) is 20.0. The van der Waals surface area contributed by atoms with Gasteiger partial charge >= 0.3 is 0 Å². The Morgan fingerprint density at radius 1 is 0.433 bits per heavy atom. The van der Waals surface area contributed by atoms with Crippen LogP contribution in [-0.2, 0) is 46.7 Å². The van der Waals surface area contributed by atoms with Crippen molar-refractivity contribution >= 4 is 11.6 Å². The van der Waals surface area contributed by atoms with Crippen molar-refractivity contribution in [3.8, 4) is 23.0 Å². The lowest BCUT2D eigenvalue weighted by Crippen LogP contribution is -2.17. The van der Waals surface area contributed by atoms with Crippen molar-refractivity contribution in [2.45, 2.75) is 165 Å². The van der Waals surface area contributed by atoms with Gasteiger partial charge in [-0.3, -0.25) is 4.79 Å². The molecule has 0 fully saturated rings. The van der Waals surface area contributed by atoms with Crippen molar-refractivity contribution in [1.82, 2.24) is 0 Å². The molecular weight excluding hydrogens is 743 g/mol. The summed E-state index contributed by atoms with van der Waals surface area (Å²) in [6.45, 7) is 33.2. The molecule has 1 aliphatic carbocycles. The van der Waals surface area contributed by atoms with Crippen LogP contribution in [0.15, 0.2) is 48.5 Å². The molecule has 4 aromatic rings. The van der Waals surface area contributed by atoms with E-state index in [2.05, 4.69) is 144 Å². The molecule has 4 aromatic carbocycles. The minimum Gasteiger partial charge on any atom is -0.493 e. The summed E-state index contributed by atoms with van der Waals surface area (Å²) in [6.07, 6.45) is 5.97. The van der Waals surface area contributed by atoms with E-state index in [0.29, 0.717) is 52.1 Å². The van der Waals surface area contributed by atoms with Crippen molar-refractivity contribution in [3.63, 3.8) is 0 Å². The van der Waals surface area contributed by atoms with Gasteiger partial charge in [-0.25, -0.2) is 0 Å². The summed E-state index contributed by atoms with van der Waals surface area (Å²) in [4.78, 5) is 12.7. The number of anilines is 1. The van der Waals surface area contributed by atoms with Crippen molar-refractivity contribution in [2.75, 3.05) is 31.7 Å². The molecule has 0 heterocycles. The fourth-order valence-corrected chi connectivity index (χ4v) is 8.02. The van der Waals surface area contributed by atoms with Gasteiger partial charge in [0.2, 0.25) is 5.91 Å². The van der Waals surface area contributed by atoms with Crippen molar-refractivity contribution in [1.29, 1.82) is 0 Å². The zero-order chi connectivity index (χ0) is 44.0. The van der Waals surface area contributed by atoms with Crippen LogP contribution in [0.2, 0.25) is 0 Å². The quantitative estimate of drug-likeness (QED) is 0.128. The minimum atomic E-state index is -0.124. The molecule has 1 amide bonds. The minimum absolute atomic E-state index is 0.100. The molecule has 6 nitrogen and oxygen atoms in total. The summed E-state index contributed by atoms with van der Waals surface area (Å²) in [5.74, 6) is 3.56. The molecule has 0 aromatic heterocycles. The molecule has 0 spiro atoms. The molecule has 326 valence electrons. The third-order valence-electron chi connectivity index (χ3n) is 11.2. The second kappa shape index (κ2) is 19.5. The smallest absolute Gasteiger partial charge is 0.221 e. The van der Waals surface area contributed by atoms with E-state index in [1.165, 1.54) is 27.8 Å². The SMILES string of the molecule is CCCOc1c2cc(NC(C)=O)cc1Cc1cc(C(C)(C)C)cc(c1OCCC)Cc1cc(C(C)(C)C)cc(c1OCCC)Cc1cc(C(C)(C)C)cc(c1OCCC)C2. The summed E-state index contributed by atoms with van der Waals surface area (Å²) in [5, 5.41) is 3.15. The molecule has 0 atom stereocenters. The van der Waals surface area contributed by atoms with Crippen molar-refractivity contribution < 1.29 is 23.7 Å². The molecule has 1 N–H and O–H groups in total. The van der Waals surface area contributed by atoms with Crippen LogP contribution in [0.4, 0.5) is 5.69 Å². The molecule has 0 aliphatic heterocycles. The van der Waals surface area contributed by atoms with Gasteiger partial charge in [0.1, 0.15) is 23.0 Å². The normalized spacial score (nSPS) is 13.2. The number of carbonyl (C=O) groups is 1. The Hall–Kier alpha value is -4.45. The van der Waals surface area contributed by atoms with Crippen LogP contribution in [0.25, 0.3) is 0 Å². The second-order valence-corrected chi connectivity index (χ2v) is 20.0. The first-order chi connectivity index (χ1) is 28.3. The number of hydrogen-bond donors (Lipinski definition) is 1. The van der Waals surface area contributed by atoms with Gasteiger partial charge in [0.05, 0.1) is 26.4 Å². The highest BCUT2D eigenvalue weighted by atomic mass is 16.5. The molecule has 0 saturated carbocycles. The van der Waals surface area contributed by atoms with E-state index >= 15 is 0 Å². The molecule has 0 unspecified atom stereocenters. The largest absolute Gasteiger partial charge is 0.493 e. The van der Waals surface area contributed by atoms with E-state index < -0.39 is 0 Å². The zero-order valence-electron chi connectivity index (χ0n) is 39.6. The average molecular weight is 818 g/mol. The molecule has 5 rings (SSSR count). The lowest BCUT2D eigenvalue weighted by molar-refractivity contribution is -0.114. The Bertz CT molecular complexity index is 2000. The highest BCUT2D eigenvalue weighted by molar-refractivity contribution is 5.89. The number of rotatable bonds is 13. The van der Waals surface area contributed by atoms with E-state index in [9.17, 15) is 4.79 Å². The predicted octanol–water partition coefficient (Wildman–Crippen LogP) is 13.4. The number of benzene rings is 4. The Balaban J connectivity index is 2.00. The van der Waals surface area contributed by atoms with E-state index in [1.807, 2.05) is 0 Å².